The third-order valence-electron chi connectivity index (χ3n) is 0. The van der Waals surface area contributed by atoms with Crippen LogP contribution in [0.5, 0.6) is 0 Å². The molecule has 0 atom stereocenters. The Balaban J connectivity index is -0.0000000480. The van der Waals surface area contributed by atoms with Gasteiger partial charge in [0.15, 0.2) is 0 Å². The summed E-state index contributed by atoms with van der Waals surface area (Å²) in [6, 6.07) is 0. The van der Waals surface area contributed by atoms with Crippen LogP contribution >= 0.6 is 10.1 Å². The van der Waals surface area contributed by atoms with E-state index < -0.39 is 6.16 Å². The molecule has 0 aromatic carbocycles. The van der Waals surface area contributed by atoms with Crippen molar-refractivity contribution in [3.8, 4) is 0 Å². The zero-order chi connectivity index (χ0) is 5.58. The molecule has 0 aliphatic heterocycles. The maximum absolute atomic E-state index is 8.33. The molecule has 0 amide bonds. The van der Waals surface area contributed by atoms with Crippen molar-refractivity contribution in [3.63, 3.8) is 0 Å². The first-order chi connectivity index (χ1) is 2.73. The van der Waals surface area contributed by atoms with Crippen molar-refractivity contribution in [2.75, 3.05) is 0 Å². The summed E-state index contributed by atoms with van der Waals surface area (Å²) in [5.41, 5.74) is 0. The first kappa shape index (κ1) is 15.7. The normalized spacial score (nSPS) is 4.29. The zero-order valence-electron chi connectivity index (χ0n) is 2.94. The molecule has 0 aromatic heterocycles. The van der Waals surface area contributed by atoms with E-state index in [2.05, 4.69) is 25.0 Å². The van der Waals surface area contributed by atoms with E-state index in [4.69, 9.17) is 15.0 Å². The predicted octanol–water partition coefficient (Wildman–Crippen LogP) is -2.58. The molecule has 2 N–H and O–H groups in total. The van der Waals surface area contributed by atoms with Gasteiger partial charge in [-0.2, -0.15) is 0 Å². The van der Waals surface area contributed by atoms with Crippen molar-refractivity contribution >= 4 is 16.3 Å². The van der Waals surface area contributed by atoms with Gasteiger partial charge in [-0.1, -0.05) is 0 Å². The second-order valence-corrected chi connectivity index (χ2v) is 0.250. The molecule has 0 aromatic rings. The van der Waals surface area contributed by atoms with Gasteiger partial charge in [0.05, 0.1) is 0 Å². The third kappa shape index (κ3) is 139000. The number of hydrogen-bond acceptors (Lipinski definition) is 3. The number of rotatable bonds is 0. The van der Waals surface area contributed by atoms with Crippen LogP contribution in [0.3, 0.4) is 0 Å². The van der Waals surface area contributed by atoms with Gasteiger partial charge >= 0.3 is 25.0 Å². The van der Waals surface area contributed by atoms with Gasteiger partial charge in [-0.25, -0.2) is 0 Å². The summed E-state index contributed by atoms with van der Waals surface area (Å²) in [6.45, 7) is 0. The molecule has 0 aliphatic rings. The van der Waals surface area contributed by atoms with Crippen LogP contribution in [0.25, 0.3) is 0 Å². The summed E-state index contributed by atoms with van der Waals surface area (Å²) in [5.74, 6) is 0. The molecular weight excluding hydrogens is 170 g/mol. The number of carbonyl (C=O) groups is 1. The summed E-state index contributed by atoms with van der Waals surface area (Å²) in [7, 11) is 4.33. The number of hydrogen-bond donors (Lipinski definition) is 0. The molecule has 0 fully saturated rings. The molecular formula is CH2ClCoO4. The molecule has 7 heavy (non-hydrogen) atoms. The average Bonchev–Trinajstić information content (AvgIpc) is 1.41. The summed E-state index contributed by atoms with van der Waals surface area (Å²) >= 11 is 3.03. The SMILES string of the molecule is O.O=C([O-])[O-].[Cl][Co+2]. The topological polar surface area (TPSA) is 94.7 Å². The monoisotopic (exact) mass is 172 g/mol. The van der Waals surface area contributed by atoms with Gasteiger partial charge in [-0.05, 0) is 6.16 Å². The van der Waals surface area contributed by atoms with Gasteiger partial charge in [0, 0.05) is 0 Å². The molecule has 4 nitrogen and oxygen atoms in total. The van der Waals surface area contributed by atoms with Crippen LogP contribution in [0.2, 0.25) is 0 Å². The fourth-order valence-electron chi connectivity index (χ4n) is 0. The van der Waals surface area contributed by atoms with E-state index in [0.717, 1.165) is 0 Å². The number of carboxylic acid groups (broad SMARTS) is 2. The molecule has 0 heterocycles. The third-order valence-corrected chi connectivity index (χ3v) is 0. The maximum atomic E-state index is 8.33. The van der Waals surface area contributed by atoms with Crippen LogP contribution in [0.15, 0.2) is 0 Å². The van der Waals surface area contributed by atoms with E-state index >= 15 is 0 Å². The van der Waals surface area contributed by atoms with Crippen LogP contribution < -0.4 is 10.2 Å². The molecule has 0 aliphatic carbocycles. The molecule has 0 unspecified atom stereocenters. The van der Waals surface area contributed by atoms with Crippen LogP contribution in [0.1, 0.15) is 0 Å². The molecule has 0 radical (unpaired) electrons. The van der Waals surface area contributed by atoms with Crippen molar-refractivity contribution < 1.29 is 35.3 Å². The van der Waals surface area contributed by atoms with Crippen LogP contribution in [0, 0.1) is 0 Å². The molecule has 0 saturated carbocycles. The molecule has 0 bridgehead atoms. The Hall–Kier alpha value is 0.0265. The Morgan fingerprint density at radius 1 is 1.43 bits per heavy atom. The molecule has 6 heteroatoms. The molecule has 46 valence electrons. The van der Waals surface area contributed by atoms with Crippen molar-refractivity contribution in [2.45, 2.75) is 0 Å². The van der Waals surface area contributed by atoms with Gasteiger partial charge in [0.1, 0.15) is 0 Å². The predicted molar refractivity (Wildman–Crippen MR) is 14.9 cm³/mol. The van der Waals surface area contributed by atoms with Crippen molar-refractivity contribution in [3.05, 3.63) is 0 Å². The van der Waals surface area contributed by atoms with Gasteiger partial charge in [-0.3, -0.25) is 0 Å². The summed E-state index contributed by atoms with van der Waals surface area (Å²) in [6.07, 6.45) is -2.33. The van der Waals surface area contributed by atoms with Crippen molar-refractivity contribution in [2.24, 2.45) is 0 Å². The first-order valence-corrected chi connectivity index (χ1v) is 2.17. The van der Waals surface area contributed by atoms with E-state index in [1.165, 1.54) is 0 Å². The number of carbonyl (C=O) groups excluding carboxylic acids is 1. The van der Waals surface area contributed by atoms with E-state index in [0.29, 0.717) is 0 Å². The van der Waals surface area contributed by atoms with Crippen LogP contribution in [-0.4, -0.2) is 11.6 Å². The summed E-state index contributed by atoms with van der Waals surface area (Å²) in [5, 5.41) is 16.7. The average molecular weight is 172 g/mol. The molecule has 0 saturated heterocycles. The first-order valence-electron chi connectivity index (χ1n) is 0.738. The van der Waals surface area contributed by atoms with E-state index in [-0.39, 0.29) is 5.48 Å². The Bertz CT molecular complexity index is 34.7. The van der Waals surface area contributed by atoms with Gasteiger partial charge < -0.3 is 20.5 Å². The Morgan fingerprint density at radius 3 is 1.43 bits per heavy atom. The zero-order valence-corrected chi connectivity index (χ0v) is 4.73. The Morgan fingerprint density at radius 2 is 1.43 bits per heavy atom. The molecule has 0 rings (SSSR count). The van der Waals surface area contributed by atoms with Crippen LogP contribution in [-0.2, 0) is 14.8 Å². The van der Waals surface area contributed by atoms with E-state index in [1.54, 1.807) is 0 Å². The van der Waals surface area contributed by atoms with E-state index in [9.17, 15) is 0 Å². The quantitative estimate of drug-likeness (QED) is 0.401. The Kier molecular flexibility index (Phi) is 37.4. The Labute approximate surface area is 52.2 Å². The van der Waals surface area contributed by atoms with Gasteiger partial charge in [0.25, 0.3) is 0 Å². The minimum absolute atomic E-state index is 0. The molecule has 0 spiro atoms. The van der Waals surface area contributed by atoms with Crippen molar-refractivity contribution in [1.29, 1.82) is 0 Å². The standard InChI is InChI=1S/CH2O3.ClH.Co.H2O/c2-1(3)4;;;/h(H2,2,3,4);1H;;1H2/q;;+3;/p-3. The van der Waals surface area contributed by atoms with Crippen LogP contribution in [0.4, 0.5) is 4.79 Å². The fraction of sp³-hybridized carbons (Fsp3) is 0. The van der Waals surface area contributed by atoms with Gasteiger partial charge in [-0.15, -0.1) is 0 Å². The van der Waals surface area contributed by atoms with Gasteiger partial charge in [0.2, 0.25) is 0 Å². The number of halogens is 1. The van der Waals surface area contributed by atoms with Crippen molar-refractivity contribution in [1.82, 2.24) is 0 Å². The fourth-order valence-corrected chi connectivity index (χ4v) is 0. The minimum atomic E-state index is -2.33. The summed E-state index contributed by atoms with van der Waals surface area (Å²) < 4.78 is 0. The van der Waals surface area contributed by atoms with E-state index in [1.807, 2.05) is 0 Å². The second-order valence-electron chi connectivity index (χ2n) is 0.250. The summed E-state index contributed by atoms with van der Waals surface area (Å²) in [4.78, 5) is 8.33. The second kappa shape index (κ2) is 16.6.